The zero-order chi connectivity index (χ0) is 28.2. The minimum Gasteiger partial charge on any atom is -0.488 e. The number of para-hydroxylation sites is 1. The number of aryl methyl sites for hydroxylation is 1. The van der Waals surface area contributed by atoms with E-state index in [1.807, 2.05) is 57.2 Å². The lowest BCUT2D eigenvalue weighted by Crippen LogP contribution is -2.47. The molecule has 3 rings (SSSR count). The smallest absolute Gasteiger partial charge is 0.262 e. The number of nitrogens with zero attached hydrogens (tertiary/aromatic N) is 2. The molecule has 0 aliphatic rings. The fourth-order valence-corrected chi connectivity index (χ4v) is 4.19. The number of rotatable bonds is 12. The van der Waals surface area contributed by atoms with Gasteiger partial charge in [-0.15, -0.1) is 0 Å². The lowest BCUT2D eigenvalue weighted by molar-refractivity contribution is -0.130. The molecule has 0 heterocycles. The molecule has 0 bridgehead atoms. The number of hydrazone groups is 1. The van der Waals surface area contributed by atoms with E-state index in [1.54, 1.807) is 30.3 Å². The summed E-state index contributed by atoms with van der Waals surface area (Å²) in [5.41, 5.74) is 5.53. The predicted octanol–water partition coefficient (Wildman–Crippen LogP) is 5.27. The Morgan fingerprint density at radius 1 is 1.05 bits per heavy atom. The predicted molar refractivity (Wildman–Crippen MR) is 153 cm³/mol. The first-order valence-electron chi connectivity index (χ1n) is 12.5. The van der Waals surface area contributed by atoms with Crippen molar-refractivity contribution in [1.82, 2.24) is 10.7 Å². The number of amides is 2. The van der Waals surface area contributed by atoms with Crippen molar-refractivity contribution in [2.45, 2.75) is 39.8 Å². The molecule has 0 saturated heterocycles. The van der Waals surface area contributed by atoms with Gasteiger partial charge in [0, 0.05) is 5.56 Å². The molecule has 8 nitrogen and oxygen atoms in total. The molecule has 0 unspecified atom stereocenters. The highest BCUT2D eigenvalue weighted by atomic mass is 79.9. The third-order valence-electron chi connectivity index (χ3n) is 5.68. The van der Waals surface area contributed by atoms with Crippen molar-refractivity contribution in [3.63, 3.8) is 0 Å². The third kappa shape index (κ3) is 9.27. The Morgan fingerprint density at radius 3 is 2.51 bits per heavy atom. The summed E-state index contributed by atoms with van der Waals surface area (Å²) in [6.07, 6.45) is 1.96. The third-order valence-corrected chi connectivity index (χ3v) is 6.30. The van der Waals surface area contributed by atoms with E-state index in [9.17, 15) is 14.9 Å². The summed E-state index contributed by atoms with van der Waals surface area (Å²) < 4.78 is 12.2. The maximum absolute atomic E-state index is 12.8. The Bertz CT molecular complexity index is 1370. The van der Waals surface area contributed by atoms with Gasteiger partial charge in [0.05, 0.1) is 22.3 Å². The number of carbonyl (C=O) groups excluding carboxylic acids is 2. The van der Waals surface area contributed by atoms with Gasteiger partial charge in [0.2, 0.25) is 0 Å². The highest BCUT2D eigenvalue weighted by Gasteiger charge is 2.22. The first-order valence-corrected chi connectivity index (χ1v) is 13.3. The number of halogens is 1. The number of nitrogens with one attached hydrogen (secondary N) is 2. The monoisotopic (exact) mass is 590 g/mol. The van der Waals surface area contributed by atoms with E-state index in [0.29, 0.717) is 28.0 Å². The number of hydrogen-bond donors (Lipinski definition) is 2. The van der Waals surface area contributed by atoms with E-state index in [4.69, 9.17) is 9.47 Å². The minimum atomic E-state index is -0.756. The van der Waals surface area contributed by atoms with Gasteiger partial charge in [-0.05, 0) is 76.7 Å². The van der Waals surface area contributed by atoms with Gasteiger partial charge < -0.3 is 14.8 Å². The Balaban J connectivity index is 1.55. The van der Waals surface area contributed by atoms with Gasteiger partial charge >= 0.3 is 0 Å². The molecule has 2 N–H and O–H groups in total. The van der Waals surface area contributed by atoms with Crippen molar-refractivity contribution < 1.29 is 19.1 Å². The first-order chi connectivity index (χ1) is 18.8. The molecule has 1 atom stereocenters. The molecule has 3 aromatic carbocycles. The molecule has 0 aliphatic heterocycles. The molecular formula is C30H31BrN4O4. The Hall–Kier alpha value is -4.16. The van der Waals surface area contributed by atoms with E-state index in [-0.39, 0.29) is 25.0 Å². The number of carbonyl (C=O) groups is 2. The summed E-state index contributed by atoms with van der Waals surface area (Å²) in [7, 11) is 0. The number of ether oxygens (including phenoxy) is 2. The lowest BCUT2D eigenvalue weighted by Gasteiger charge is -2.19. The molecule has 202 valence electrons. The van der Waals surface area contributed by atoms with Crippen molar-refractivity contribution in [3.8, 4) is 17.6 Å². The van der Waals surface area contributed by atoms with Crippen LogP contribution in [-0.4, -0.2) is 30.7 Å². The molecule has 0 spiro atoms. The molecule has 0 radical (unpaired) electrons. The largest absolute Gasteiger partial charge is 0.488 e. The molecular weight excluding hydrogens is 560 g/mol. The second kappa shape index (κ2) is 14.7. The summed E-state index contributed by atoms with van der Waals surface area (Å²) in [4.78, 5) is 25.3. The zero-order valence-electron chi connectivity index (χ0n) is 22.1. The maximum Gasteiger partial charge on any atom is 0.262 e. The number of hydrogen-bond acceptors (Lipinski definition) is 6. The van der Waals surface area contributed by atoms with Gasteiger partial charge in [-0.1, -0.05) is 50.2 Å². The van der Waals surface area contributed by atoms with Crippen LogP contribution in [0, 0.1) is 24.2 Å². The van der Waals surface area contributed by atoms with Crippen molar-refractivity contribution in [1.29, 1.82) is 5.26 Å². The number of benzene rings is 3. The number of nitriles is 1. The van der Waals surface area contributed by atoms with Crippen LogP contribution in [0.2, 0.25) is 0 Å². The molecule has 9 heteroatoms. The minimum absolute atomic E-state index is 0.172. The van der Waals surface area contributed by atoms with Crippen LogP contribution in [0.4, 0.5) is 0 Å². The van der Waals surface area contributed by atoms with Gasteiger partial charge in [0.1, 0.15) is 24.1 Å². The van der Waals surface area contributed by atoms with Crippen LogP contribution in [0.5, 0.6) is 11.5 Å². The topological polar surface area (TPSA) is 113 Å². The molecule has 3 aromatic rings. The van der Waals surface area contributed by atoms with Gasteiger partial charge in [0.25, 0.3) is 11.8 Å². The first kappa shape index (κ1) is 29.4. The molecule has 0 aromatic heterocycles. The molecule has 2 amide bonds. The summed E-state index contributed by atoms with van der Waals surface area (Å²) in [6.45, 7) is 5.90. The summed E-state index contributed by atoms with van der Waals surface area (Å²) >= 11 is 3.49. The Morgan fingerprint density at radius 2 is 1.79 bits per heavy atom. The Labute approximate surface area is 237 Å². The average Bonchev–Trinajstić information content (AvgIpc) is 2.91. The van der Waals surface area contributed by atoms with Crippen LogP contribution in [-0.2, 0) is 16.2 Å². The fraction of sp³-hybridized carbons (Fsp3) is 0.267. The van der Waals surface area contributed by atoms with Gasteiger partial charge in [0.15, 0.2) is 6.61 Å². The molecule has 39 heavy (non-hydrogen) atoms. The van der Waals surface area contributed by atoms with Crippen molar-refractivity contribution in [3.05, 3.63) is 93.5 Å². The highest BCUT2D eigenvalue weighted by molar-refractivity contribution is 9.10. The van der Waals surface area contributed by atoms with Crippen LogP contribution in [0.25, 0.3) is 0 Å². The second-order valence-electron chi connectivity index (χ2n) is 9.29. The lowest BCUT2D eigenvalue weighted by atomic mass is 10.0. The quantitative estimate of drug-likeness (QED) is 0.220. The maximum atomic E-state index is 12.8. The van der Waals surface area contributed by atoms with Crippen LogP contribution in [0.15, 0.2) is 76.3 Å². The van der Waals surface area contributed by atoms with Crippen LogP contribution in [0.3, 0.4) is 0 Å². The van der Waals surface area contributed by atoms with Crippen molar-refractivity contribution >= 4 is 34.0 Å². The summed E-state index contributed by atoms with van der Waals surface area (Å²) in [6, 6.07) is 21.5. The van der Waals surface area contributed by atoms with Crippen molar-refractivity contribution in [2.24, 2.45) is 11.0 Å². The standard InChI is InChI=1S/C30H31BrN4O4/c1-20(2)14-26(34-29(36)19-39-27-11-7-4-8-21(27)3)30(37)35-33-17-22-12-13-28(25(31)15-22)38-18-24-10-6-5-9-23(24)16-32/h4-13,15,17,20,26H,14,18-19H2,1-3H3,(H,34,36)(H,35,37)/b33-17-/t26-/m1/s1. The zero-order valence-corrected chi connectivity index (χ0v) is 23.7. The van der Waals surface area contributed by atoms with E-state index >= 15 is 0 Å². The van der Waals surface area contributed by atoms with E-state index < -0.39 is 11.9 Å². The molecule has 0 fully saturated rings. The average molecular weight is 592 g/mol. The van der Waals surface area contributed by atoms with Crippen LogP contribution in [0.1, 0.15) is 42.5 Å². The summed E-state index contributed by atoms with van der Waals surface area (Å²) in [5, 5.41) is 16.0. The molecule has 0 saturated carbocycles. The van der Waals surface area contributed by atoms with Gasteiger partial charge in [-0.2, -0.15) is 10.4 Å². The van der Waals surface area contributed by atoms with E-state index in [1.165, 1.54) is 6.21 Å². The van der Waals surface area contributed by atoms with Crippen LogP contribution >= 0.6 is 15.9 Å². The van der Waals surface area contributed by atoms with Crippen LogP contribution < -0.4 is 20.2 Å². The van der Waals surface area contributed by atoms with E-state index in [0.717, 1.165) is 16.7 Å². The van der Waals surface area contributed by atoms with Crippen molar-refractivity contribution in [2.75, 3.05) is 6.61 Å². The fourth-order valence-electron chi connectivity index (χ4n) is 3.67. The van der Waals surface area contributed by atoms with E-state index in [2.05, 4.69) is 37.8 Å². The normalized spacial score (nSPS) is 11.6. The van der Waals surface area contributed by atoms with Gasteiger partial charge in [-0.3, -0.25) is 9.59 Å². The molecule has 0 aliphatic carbocycles. The highest BCUT2D eigenvalue weighted by Crippen LogP contribution is 2.26. The summed E-state index contributed by atoms with van der Waals surface area (Å²) in [5.74, 6) is 0.596. The second-order valence-corrected chi connectivity index (χ2v) is 10.1. The Kier molecular flexibility index (Phi) is 11.1. The van der Waals surface area contributed by atoms with Gasteiger partial charge in [-0.25, -0.2) is 5.43 Å². The SMILES string of the molecule is Cc1ccccc1OCC(=O)N[C@H](CC(C)C)C(=O)N/N=C\c1ccc(OCc2ccccc2C#N)c(Br)c1.